The molecule has 0 unspecified atom stereocenters. The minimum absolute atomic E-state index is 0.494. The predicted octanol–water partition coefficient (Wildman–Crippen LogP) is 5.14. The van der Waals surface area contributed by atoms with Crippen molar-refractivity contribution in [2.75, 3.05) is 0 Å². The molecule has 0 aliphatic heterocycles. The van der Waals surface area contributed by atoms with Crippen LogP contribution < -0.4 is 9.81 Å². The van der Waals surface area contributed by atoms with E-state index in [9.17, 15) is 9.59 Å². The third kappa shape index (κ3) is 4.36. The Bertz CT molecular complexity index is 980. The first kappa shape index (κ1) is 25.1. The molecule has 0 saturated carbocycles. The molecule has 3 aromatic carbocycles. The number of benzene rings is 3. The molecule has 0 N–H and O–H groups in total. The Labute approximate surface area is 198 Å². The summed E-state index contributed by atoms with van der Waals surface area (Å²) in [6, 6.07) is 28.1. The van der Waals surface area contributed by atoms with E-state index in [4.69, 9.17) is 9.47 Å². The van der Waals surface area contributed by atoms with Crippen molar-refractivity contribution in [2.24, 2.45) is 0 Å². The van der Waals surface area contributed by atoms with Crippen LogP contribution in [0.5, 0.6) is 0 Å². The topological polar surface area (TPSA) is 52.6 Å². The molecule has 5 heteroatoms. The van der Waals surface area contributed by atoms with Crippen LogP contribution in [0.25, 0.3) is 0 Å². The van der Waals surface area contributed by atoms with Gasteiger partial charge in [0, 0.05) is 0 Å². The van der Waals surface area contributed by atoms with Gasteiger partial charge < -0.3 is 0 Å². The molecule has 0 atom stereocenters. The molecule has 0 heterocycles. The molecule has 174 valence electrons. The van der Waals surface area contributed by atoms with Gasteiger partial charge in [0.15, 0.2) is 0 Å². The second kappa shape index (κ2) is 9.02. The van der Waals surface area contributed by atoms with Crippen molar-refractivity contribution in [3.63, 3.8) is 0 Å². The van der Waals surface area contributed by atoms with E-state index < -0.39 is 37.3 Å². The number of hydrogen-bond acceptors (Lipinski definition) is 4. The first-order chi connectivity index (χ1) is 15.4. The van der Waals surface area contributed by atoms with Crippen molar-refractivity contribution in [3.05, 3.63) is 91.0 Å². The van der Waals surface area contributed by atoms with Gasteiger partial charge in [-0.1, -0.05) is 0 Å². The Morgan fingerprint density at radius 1 is 0.515 bits per heavy atom. The molecule has 0 bridgehead atoms. The van der Waals surface area contributed by atoms with Crippen LogP contribution in [0.4, 0.5) is 9.59 Å². The maximum absolute atomic E-state index is 14.7. The zero-order valence-electron chi connectivity index (χ0n) is 20.2. The van der Waals surface area contributed by atoms with Crippen molar-refractivity contribution >= 4 is 36.0 Å². The van der Waals surface area contributed by atoms with E-state index in [-0.39, 0.29) is 0 Å². The van der Waals surface area contributed by atoms with Crippen LogP contribution in [0.2, 0.25) is 0 Å². The summed E-state index contributed by atoms with van der Waals surface area (Å²) in [5.41, 5.74) is -1.60. The van der Waals surface area contributed by atoms with E-state index >= 15 is 0 Å². The van der Waals surface area contributed by atoms with Gasteiger partial charge in [0.2, 0.25) is 0 Å². The van der Waals surface area contributed by atoms with E-state index in [1.165, 1.54) is 0 Å². The molecule has 4 nitrogen and oxygen atoms in total. The summed E-state index contributed by atoms with van der Waals surface area (Å²) >= 11 is -6.06. The fraction of sp³-hybridized carbons (Fsp3) is 0.286. The second-order valence-electron chi connectivity index (χ2n) is 10.1. The molecule has 33 heavy (non-hydrogen) atoms. The Balaban J connectivity index is 2.63. The average Bonchev–Trinajstić information content (AvgIpc) is 2.75. The molecule has 0 aromatic heterocycles. The fourth-order valence-corrected chi connectivity index (χ4v) is 25.5. The zero-order valence-corrected chi connectivity index (χ0v) is 23.7. The summed E-state index contributed by atoms with van der Waals surface area (Å²) in [5.74, 6) is 0. The summed E-state index contributed by atoms with van der Waals surface area (Å²) in [7, 11) is 0. The molecule has 3 aromatic rings. The van der Waals surface area contributed by atoms with Gasteiger partial charge in [-0.3, -0.25) is 0 Å². The summed E-state index contributed by atoms with van der Waals surface area (Å²) in [4.78, 5) is 29.4. The first-order valence-electron chi connectivity index (χ1n) is 11.1. The fourth-order valence-electron chi connectivity index (χ4n) is 4.04. The molecule has 0 saturated heterocycles. The summed E-state index contributed by atoms with van der Waals surface area (Å²) in [6.07, 6.45) is 0. The molecule has 0 fully saturated rings. The molecule has 0 amide bonds. The van der Waals surface area contributed by atoms with Crippen LogP contribution >= 0.6 is 0 Å². The Hall–Kier alpha value is -2.52. The first-order valence-corrected chi connectivity index (χ1v) is 19.8. The predicted molar refractivity (Wildman–Crippen MR) is 136 cm³/mol. The third-order valence-electron chi connectivity index (χ3n) is 5.34. The monoisotopic (exact) mass is 642 g/mol. The maximum atomic E-state index is 14.7. The summed E-state index contributed by atoms with van der Waals surface area (Å²) in [5, 5.41) is 0. The minimum atomic E-state index is -6.06. The van der Waals surface area contributed by atoms with Gasteiger partial charge in [0.1, 0.15) is 0 Å². The van der Waals surface area contributed by atoms with Gasteiger partial charge in [-0.05, 0) is 0 Å². The number of hydrogen-bond donors (Lipinski definition) is 0. The van der Waals surface area contributed by atoms with Crippen LogP contribution in [0, 0.1) is 0 Å². The van der Waals surface area contributed by atoms with Gasteiger partial charge in [-0.25, -0.2) is 0 Å². The molecule has 3 rings (SSSR count). The summed E-state index contributed by atoms with van der Waals surface area (Å²) < 4.78 is 13.3. The second-order valence-corrected chi connectivity index (χ2v) is 27.6. The van der Waals surface area contributed by atoms with E-state index in [0.717, 1.165) is 0 Å². The van der Waals surface area contributed by atoms with Gasteiger partial charge in [0.05, 0.1) is 0 Å². The molecule has 0 spiro atoms. The normalized spacial score (nSPS) is 13.5. The number of carbonyl (C=O) groups is 2. The quantitative estimate of drug-likeness (QED) is 0.362. The molecular weight excluding hydrogens is 609 g/mol. The van der Waals surface area contributed by atoms with E-state index in [1.54, 1.807) is 0 Å². The van der Waals surface area contributed by atoms with Crippen molar-refractivity contribution in [3.8, 4) is 0 Å². The van der Waals surface area contributed by atoms with Crippen LogP contribution in [0.15, 0.2) is 91.0 Å². The van der Waals surface area contributed by atoms with Crippen LogP contribution in [-0.2, 0) is 9.47 Å². The van der Waals surface area contributed by atoms with Gasteiger partial charge in [-0.2, -0.15) is 0 Å². The molecule has 0 aliphatic carbocycles. The van der Waals surface area contributed by atoms with Gasteiger partial charge >= 0.3 is 199 Å². The Kier molecular flexibility index (Phi) is 6.87. The van der Waals surface area contributed by atoms with Gasteiger partial charge in [0.25, 0.3) is 0 Å². The van der Waals surface area contributed by atoms with Crippen LogP contribution in [-0.4, -0.2) is 37.3 Å². The Morgan fingerprint density at radius 2 is 0.758 bits per heavy atom. The molecule has 0 radical (unpaired) electrons. The van der Waals surface area contributed by atoms with Crippen LogP contribution in [0.1, 0.15) is 41.5 Å². The van der Waals surface area contributed by atoms with Crippen molar-refractivity contribution in [1.82, 2.24) is 0 Å². The zero-order chi connectivity index (χ0) is 24.4. The number of rotatable bonds is 5. The van der Waals surface area contributed by atoms with E-state index in [2.05, 4.69) is 0 Å². The van der Waals surface area contributed by atoms with Gasteiger partial charge in [-0.15, -0.1) is 0 Å². The van der Waals surface area contributed by atoms with Crippen LogP contribution in [0.3, 0.4) is 0 Å². The standard InChI is InChI=1S/3C6H5.2C5H9O2.Bi/c3*1-2-4-6-5-3-1;2*1-5(2,3)7-4-6;/h3*1-5H;2*1-3H3;. The van der Waals surface area contributed by atoms with Crippen molar-refractivity contribution < 1.29 is 19.1 Å². The number of carbonyl (C=O) groups excluding carboxylic acids is 2. The van der Waals surface area contributed by atoms with E-state index in [0.29, 0.717) is 9.81 Å². The third-order valence-corrected chi connectivity index (χ3v) is 27.2. The molecular formula is C28H33BiO4. The van der Waals surface area contributed by atoms with Crippen molar-refractivity contribution in [1.29, 1.82) is 0 Å². The van der Waals surface area contributed by atoms with Crippen molar-refractivity contribution in [2.45, 2.75) is 52.7 Å². The molecule has 0 aliphatic rings. The van der Waals surface area contributed by atoms with E-state index in [1.807, 2.05) is 133 Å². The average molecular weight is 643 g/mol. The Morgan fingerprint density at radius 3 is 0.970 bits per heavy atom. The SMILES string of the molecule is CC(C)(C)O[C](=O)[Bi]([C](=O)OC(C)(C)C)([c]1ccccc1)([c]1ccccc1)[c]1ccccc1. The number of ether oxygens (including phenoxy) is 2. The summed E-state index contributed by atoms with van der Waals surface area (Å²) in [6.45, 7) is 11.0.